The Kier molecular flexibility index (Phi) is 6.55. The second kappa shape index (κ2) is 9.28. The van der Waals surface area contributed by atoms with Crippen molar-refractivity contribution in [2.45, 2.75) is 17.7 Å². The van der Waals surface area contributed by atoms with Crippen LogP contribution in [-0.2, 0) is 16.4 Å². The summed E-state index contributed by atoms with van der Waals surface area (Å²) in [6.45, 7) is 0.853. The Morgan fingerprint density at radius 2 is 1.46 bits per heavy atom. The molecule has 146 valence electrons. The van der Waals surface area contributed by atoms with E-state index in [-0.39, 0.29) is 4.90 Å². The molecular formula is C22H24N2O3S. The molecule has 0 radical (unpaired) electrons. The molecule has 0 aromatic heterocycles. The summed E-state index contributed by atoms with van der Waals surface area (Å²) in [6, 6.07) is 23.9. The minimum absolute atomic E-state index is 0.191. The third-order valence-electron chi connectivity index (χ3n) is 4.32. The van der Waals surface area contributed by atoms with Crippen molar-refractivity contribution in [1.29, 1.82) is 0 Å². The van der Waals surface area contributed by atoms with Gasteiger partial charge in [0.05, 0.1) is 12.0 Å². The van der Waals surface area contributed by atoms with Crippen LogP contribution >= 0.6 is 0 Å². The van der Waals surface area contributed by atoms with E-state index in [1.807, 2.05) is 18.2 Å². The lowest BCUT2D eigenvalue weighted by atomic mass is 10.1. The van der Waals surface area contributed by atoms with Crippen molar-refractivity contribution in [3.63, 3.8) is 0 Å². The Morgan fingerprint density at radius 3 is 2.11 bits per heavy atom. The molecule has 0 saturated heterocycles. The summed E-state index contributed by atoms with van der Waals surface area (Å²) in [5.41, 5.74) is 2.80. The predicted molar refractivity (Wildman–Crippen MR) is 113 cm³/mol. The zero-order chi connectivity index (χ0) is 19.8. The van der Waals surface area contributed by atoms with E-state index in [0.29, 0.717) is 11.4 Å². The van der Waals surface area contributed by atoms with E-state index in [9.17, 15) is 8.42 Å². The van der Waals surface area contributed by atoms with Crippen LogP contribution in [0.3, 0.4) is 0 Å². The van der Waals surface area contributed by atoms with Crippen molar-refractivity contribution in [3.05, 3.63) is 84.4 Å². The molecule has 0 fully saturated rings. The highest BCUT2D eigenvalue weighted by Crippen LogP contribution is 2.20. The lowest BCUT2D eigenvalue weighted by Crippen LogP contribution is -2.12. The van der Waals surface area contributed by atoms with Crippen LogP contribution in [0.2, 0.25) is 0 Å². The first kappa shape index (κ1) is 19.8. The van der Waals surface area contributed by atoms with E-state index < -0.39 is 10.0 Å². The van der Waals surface area contributed by atoms with Crippen LogP contribution in [0.5, 0.6) is 5.75 Å². The first-order valence-electron chi connectivity index (χ1n) is 9.11. The highest BCUT2D eigenvalue weighted by atomic mass is 32.2. The minimum atomic E-state index is -3.63. The van der Waals surface area contributed by atoms with E-state index in [1.54, 1.807) is 31.4 Å². The van der Waals surface area contributed by atoms with E-state index >= 15 is 0 Å². The molecule has 3 rings (SSSR count). The largest absolute Gasteiger partial charge is 0.497 e. The average Bonchev–Trinajstić information content (AvgIpc) is 2.73. The van der Waals surface area contributed by atoms with E-state index in [0.717, 1.165) is 25.1 Å². The van der Waals surface area contributed by atoms with Crippen molar-refractivity contribution < 1.29 is 13.2 Å². The molecular weight excluding hydrogens is 372 g/mol. The van der Waals surface area contributed by atoms with Gasteiger partial charge in [-0.3, -0.25) is 4.72 Å². The Balaban J connectivity index is 1.52. The van der Waals surface area contributed by atoms with Gasteiger partial charge >= 0.3 is 0 Å². The number of methoxy groups -OCH3 is 1. The average molecular weight is 397 g/mol. The predicted octanol–water partition coefficient (Wildman–Crippen LogP) is 4.54. The van der Waals surface area contributed by atoms with Gasteiger partial charge in [0.2, 0.25) is 0 Å². The molecule has 0 atom stereocenters. The van der Waals surface area contributed by atoms with Gasteiger partial charge in [-0.25, -0.2) is 8.42 Å². The summed E-state index contributed by atoms with van der Waals surface area (Å²) in [5.74, 6) is 0.613. The van der Waals surface area contributed by atoms with Crippen LogP contribution in [0.15, 0.2) is 83.8 Å². The maximum absolute atomic E-state index is 12.5. The second-order valence-corrected chi connectivity index (χ2v) is 8.06. The number of benzene rings is 3. The monoisotopic (exact) mass is 396 g/mol. The Labute approximate surface area is 166 Å². The molecule has 0 unspecified atom stereocenters. The summed E-state index contributed by atoms with van der Waals surface area (Å²) < 4.78 is 32.6. The van der Waals surface area contributed by atoms with E-state index in [4.69, 9.17) is 4.74 Å². The molecule has 0 amide bonds. The van der Waals surface area contributed by atoms with Gasteiger partial charge in [0.25, 0.3) is 10.0 Å². The maximum Gasteiger partial charge on any atom is 0.261 e. The van der Waals surface area contributed by atoms with E-state index in [2.05, 4.69) is 34.3 Å². The van der Waals surface area contributed by atoms with Gasteiger partial charge in [-0.05, 0) is 66.9 Å². The maximum atomic E-state index is 12.5. The van der Waals surface area contributed by atoms with Gasteiger partial charge < -0.3 is 10.1 Å². The van der Waals surface area contributed by atoms with Gasteiger partial charge in [0, 0.05) is 17.9 Å². The van der Waals surface area contributed by atoms with Gasteiger partial charge in [-0.1, -0.05) is 30.3 Å². The Bertz CT molecular complexity index is 971. The molecule has 0 bridgehead atoms. The molecule has 0 spiro atoms. The number of nitrogens with one attached hydrogen (secondary N) is 2. The Hall–Kier alpha value is -2.99. The van der Waals surface area contributed by atoms with Crippen molar-refractivity contribution >= 4 is 21.4 Å². The third-order valence-corrected chi connectivity index (χ3v) is 5.72. The summed E-state index contributed by atoms with van der Waals surface area (Å²) in [5, 5.41) is 3.36. The Morgan fingerprint density at radius 1 is 0.821 bits per heavy atom. The van der Waals surface area contributed by atoms with Crippen molar-refractivity contribution in [2.24, 2.45) is 0 Å². The fourth-order valence-electron chi connectivity index (χ4n) is 2.79. The number of ether oxygens (including phenoxy) is 1. The smallest absolute Gasteiger partial charge is 0.261 e. The quantitative estimate of drug-likeness (QED) is 0.521. The molecule has 0 saturated carbocycles. The van der Waals surface area contributed by atoms with Crippen LogP contribution in [-0.4, -0.2) is 22.1 Å². The summed E-state index contributed by atoms with van der Waals surface area (Å²) in [6.07, 6.45) is 2.05. The standard InChI is InChI=1S/C22H24N2O3S/c1-27-21-13-15-22(16-14-21)28(25,26)24-20-11-9-19(10-12-20)23-17-5-8-18-6-3-2-4-7-18/h2-4,6-7,9-16,23-24H,5,8,17H2,1H3. The molecule has 0 aliphatic carbocycles. The highest BCUT2D eigenvalue weighted by Gasteiger charge is 2.14. The summed E-state index contributed by atoms with van der Waals surface area (Å²) in [7, 11) is -2.09. The molecule has 28 heavy (non-hydrogen) atoms. The highest BCUT2D eigenvalue weighted by molar-refractivity contribution is 7.92. The van der Waals surface area contributed by atoms with Crippen LogP contribution in [0, 0.1) is 0 Å². The number of aryl methyl sites for hydroxylation is 1. The first-order valence-corrected chi connectivity index (χ1v) is 10.6. The third kappa shape index (κ3) is 5.50. The molecule has 0 heterocycles. The number of anilines is 2. The number of hydrogen-bond acceptors (Lipinski definition) is 4. The van der Waals surface area contributed by atoms with Crippen molar-refractivity contribution in [2.75, 3.05) is 23.7 Å². The van der Waals surface area contributed by atoms with Crippen molar-refractivity contribution in [1.82, 2.24) is 0 Å². The fourth-order valence-corrected chi connectivity index (χ4v) is 3.85. The topological polar surface area (TPSA) is 67.4 Å². The second-order valence-electron chi connectivity index (χ2n) is 6.37. The SMILES string of the molecule is COc1ccc(S(=O)(=O)Nc2ccc(NCCCc3ccccc3)cc2)cc1. The summed E-state index contributed by atoms with van der Waals surface area (Å²) in [4.78, 5) is 0.191. The lowest BCUT2D eigenvalue weighted by molar-refractivity contribution is 0.414. The van der Waals surface area contributed by atoms with Crippen LogP contribution in [0.1, 0.15) is 12.0 Å². The molecule has 2 N–H and O–H groups in total. The van der Waals surface area contributed by atoms with Crippen LogP contribution < -0.4 is 14.8 Å². The fraction of sp³-hybridized carbons (Fsp3) is 0.182. The normalized spacial score (nSPS) is 11.0. The molecule has 6 heteroatoms. The van der Waals surface area contributed by atoms with Crippen LogP contribution in [0.25, 0.3) is 0 Å². The zero-order valence-electron chi connectivity index (χ0n) is 15.8. The van der Waals surface area contributed by atoms with Crippen LogP contribution in [0.4, 0.5) is 11.4 Å². The molecule has 3 aromatic rings. The van der Waals surface area contributed by atoms with Gasteiger partial charge in [-0.2, -0.15) is 0 Å². The first-order chi connectivity index (χ1) is 13.6. The molecule has 5 nitrogen and oxygen atoms in total. The molecule has 3 aromatic carbocycles. The minimum Gasteiger partial charge on any atom is -0.497 e. The van der Waals surface area contributed by atoms with E-state index in [1.165, 1.54) is 17.7 Å². The molecule has 0 aliphatic rings. The number of hydrogen-bond donors (Lipinski definition) is 2. The van der Waals surface area contributed by atoms with Crippen molar-refractivity contribution in [3.8, 4) is 5.75 Å². The van der Waals surface area contributed by atoms with Gasteiger partial charge in [-0.15, -0.1) is 0 Å². The van der Waals surface area contributed by atoms with Gasteiger partial charge in [0.1, 0.15) is 5.75 Å². The molecule has 0 aliphatic heterocycles. The summed E-state index contributed by atoms with van der Waals surface area (Å²) >= 11 is 0. The van der Waals surface area contributed by atoms with Gasteiger partial charge in [0.15, 0.2) is 0 Å². The lowest BCUT2D eigenvalue weighted by Gasteiger charge is -2.10. The number of rotatable bonds is 9. The zero-order valence-corrected chi connectivity index (χ0v) is 16.6. The number of sulfonamides is 1.